The molecule has 3 aromatic rings. The number of hydrogen-bond acceptors (Lipinski definition) is 8. The number of carbonyl (C=O) groups excluding carboxylic acids is 2. The lowest BCUT2D eigenvalue weighted by atomic mass is 9.99. The summed E-state index contributed by atoms with van der Waals surface area (Å²) in [5, 5.41) is 19.9. The predicted octanol–water partition coefficient (Wildman–Crippen LogP) is 4.16. The van der Waals surface area contributed by atoms with E-state index in [-0.39, 0.29) is 22.6 Å². The number of aromatic nitrogens is 2. The summed E-state index contributed by atoms with van der Waals surface area (Å²) in [6, 6.07) is 9.14. The summed E-state index contributed by atoms with van der Waals surface area (Å²) in [6.45, 7) is 7.34. The first kappa shape index (κ1) is 20.8. The van der Waals surface area contributed by atoms with Gasteiger partial charge in [-0.1, -0.05) is 11.3 Å². The quantitative estimate of drug-likeness (QED) is 0.361. The van der Waals surface area contributed by atoms with Gasteiger partial charge in [0.05, 0.1) is 11.7 Å². The van der Waals surface area contributed by atoms with Crippen LogP contribution < -0.4 is 9.64 Å². The molecule has 8 nitrogen and oxygen atoms in total. The van der Waals surface area contributed by atoms with Crippen molar-refractivity contribution in [3.8, 4) is 5.75 Å². The molecule has 0 saturated carbocycles. The van der Waals surface area contributed by atoms with Crippen molar-refractivity contribution in [3.05, 3.63) is 64.1 Å². The van der Waals surface area contributed by atoms with Crippen molar-refractivity contribution in [2.75, 3.05) is 4.90 Å². The number of ether oxygens (including phenoxy) is 1. The normalized spacial score (nSPS) is 18.2. The van der Waals surface area contributed by atoms with E-state index in [9.17, 15) is 14.7 Å². The first-order valence-corrected chi connectivity index (χ1v) is 10.5. The van der Waals surface area contributed by atoms with Crippen molar-refractivity contribution >= 4 is 33.9 Å². The fourth-order valence-corrected chi connectivity index (χ4v) is 4.12. The Morgan fingerprint density at radius 1 is 1.13 bits per heavy atom. The van der Waals surface area contributed by atoms with E-state index in [1.165, 1.54) is 16.2 Å². The van der Waals surface area contributed by atoms with Gasteiger partial charge in [-0.2, -0.15) is 0 Å². The lowest BCUT2D eigenvalue weighted by molar-refractivity contribution is -0.132. The SMILES string of the molecule is Cc1ccc([C@@H]2C(=C(O)c3ccc(OC(C)C)cc3)C(=O)C(=O)N2c2nnc(C)s2)o1. The Labute approximate surface area is 182 Å². The van der Waals surface area contributed by atoms with Crippen molar-refractivity contribution in [1.82, 2.24) is 10.2 Å². The number of aliphatic hydroxyl groups is 1. The Hall–Kier alpha value is -3.46. The third kappa shape index (κ3) is 3.84. The Kier molecular flexibility index (Phi) is 5.36. The molecule has 1 atom stereocenters. The van der Waals surface area contributed by atoms with Crippen LogP contribution in [0.5, 0.6) is 5.75 Å². The third-order valence-electron chi connectivity index (χ3n) is 4.70. The maximum absolute atomic E-state index is 13.0. The molecule has 0 spiro atoms. The summed E-state index contributed by atoms with van der Waals surface area (Å²) in [7, 11) is 0. The smallest absolute Gasteiger partial charge is 0.302 e. The minimum atomic E-state index is -0.951. The molecule has 2 aromatic heterocycles. The van der Waals surface area contributed by atoms with E-state index in [4.69, 9.17) is 9.15 Å². The summed E-state index contributed by atoms with van der Waals surface area (Å²) in [4.78, 5) is 27.2. The first-order chi connectivity index (χ1) is 14.8. The summed E-state index contributed by atoms with van der Waals surface area (Å²) in [5.74, 6) is -0.301. The molecule has 1 amide bonds. The molecular formula is C22H21N3O5S. The zero-order valence-corrected chi connectivity index (χ0v) is 18.3. The van der Waals surface area contributed by atoms with Gasteiger partial charge in [-0.15, -0.1) is 10.2 Å². The number of aliphatic hydroxyl groups excluding tert-OH is 1. The molecule has 0 radical (unpaired) electrons. The summed E-state index contributed by atoms with van der Waals surface area (Å²) < 4.78 is 11.4. The molecule has 0 aliphatic carbocycles. The van der Waals surface area contributed by atoms with Crippen LogP contribution in [0.4, 0.5) is 5.13 Å². The average Bonchev–Trinajstić information content (AvgIpc) is 3.40. The molecule has 1 N–H and O–H groups in total. The van der Waals surface area contributed by atoms with E-state index in [1.807, 2.05) is 13.8 Å². The largest absolute Gasteiger partial charge is 0.507 e. The Morgan fingerprint density at radius 3 is 2.39 bits per heavy atom. The van der Waals surface area contributed by atoms with Gasteiger partial charge in [-0.05, 0) is 64.1 Å². The van der Waals surface area contributed by atoms with Gasteiger partial charge in [0.1, 0.15) is 34.1 Å². The number of carbonyl (C=O) groups is 2. The van der Waals surface area contributed by atoms with Crippen LogP contribution in [0.25, 0.3) is 5.76 Å². The van der Waals surface area contributed by atoms with Crippen molar-refractivity contribution in [2.24, 2.45) is 0 Å². The fourth-order valence-electron chi connectivity index (χ4n) is 3.40. The number of ketones is 1. The number of rotatable bonds is 5. The molecule has 31 heavy (non-hydrogen) atoms. The van der Waals surface area contributed by atoms with E-state index < -0.39 is 17.7 Å². The highest BCUT2D eigenvalue weighted by Gasteiger charge is 2.49. The second-order valence-corrected chi connectivity index (χ2v) is 8.57. The summed E-state index contributed by atoms with van der Waals surface area (Å²) in [5.41, 5.74) is 0.320. The van der Waals surface area contributed by atoms with Crippen molar-refractivity contribution in [2.45, 2.75) is 39.8 Å². The minimum absolute atomic E-state index is 0.00215. The third-order valence-corrected chi connectivity index (χ3v) is 5.53. The van der Waals surface area contributed by atoms with Gasteiger partial charge < -0.3 is 14.3 Å². The molecule has 1 saturated heterocycles. The minimum Gasteiger partial charge on any atom is -0.507 e. The lowest BCUT2D eigenvalue weighted by Gasteiger charge is -2.20. The van der Waals surface area contributed by atoms with Gasteiger partial charge in [0.15, 0.2) is 0 Å². The zero-order valence-electron chi connectivity index (χ0n) is 17.4. The van der Waals surface area contributed by atoms with Gasteiger partial charge in [-0.3, -0.25) is 14.5 Å². The lowest BCUT2D eigenvalue weighted by Crippen LogP contribution is -2.29. The van der Waals surface area contributed by atoms with Crippen LogP contribution >= 0.6 is 11.3 Å². The van der Waals surface area contributed by atoms with Crippen LogP contribution in [0.2, 0.25) is 0 Å². The molecule has 3 heterocycles. The monoisotopic (exact) mass is 439 g/mol. The Morgan fingerprint density at radius 2 is 1.84 bits per heavy atom. The number of aryl methyl sites for hydroxylation is 2. The maximum atomic E-state index is 13.0. The van der Waals surface area contributed by atoms with Gasteiger partial charge in [0.25, 0.3) is 5.78 Å². The average molecular weight is 439 g/mol. The molecule has 1 aromatic carbocycles. The number of nitrogens with zero attached hydrogens (tertiary/aromatic N) is 3. The molecule has 1 aliphatic rings. The Balaban J connectivity index is 1.84. The van der Waals surface area contributed by atoms with Crippen LogP contribution in [0, 0.1) is 13.8 Å². The zero-order chi connectivity index (χ0) is 22.3. The number of Topliss-reactive ketones (excluding diaryl/α,β-unsaturated/α-hetero) is 1. The first-order valence-electron chi connectivity index (χ1n) is 9.70. The molecule has 0 bridgehead atoms. The molecule has 9 heteroatoms. The summed E-state index contributed by atoms with van der Waals surface area (Å²) in [6.07, 6.45) is 0.00215. The highest BCUT2D eigenvalue weighted by Crippen LogP contribution is 2.43. The van der Waals surface area contributed by atoms with E-state index >= 15 is 0 Å². The molecular weight excluding hydrogens is 418 g/mol. The molecule has 1 fully saturated rings. The highest BCUT2D eigenvalue weighted by atomic mass is 32.1. The Bertz CT molecular complexity index is 1180. The molecule has 1 aliphatic heterocycles. The molecule has 4 rings (SSSR count). The van der Waals surface area contributed by atoms with Gasteiger partial charge >= 0.3 is 5.91 Å². The van der Waals surface area contributed by atoms with Crippen LogP contribution in [0.1, 0.15) is 42.0 Å². The fraction of sp³-hybridized carbons (Fsp3) is 0.273. The van der Waals surface area contributed by atoms with Crippen LogP contribution in [-0.4, -0.2) is 33.1 Å². The summed E-state index contributed by atoms with van der Waals surface area (Å²) >= 11 is 1.18. The van der Waals surface area contributed by atoms with E-state index in [0.29, 0.717) is 27.8 Å². The highest BCUT2D eigenvalue weighted by molar-refractivity contribution is 7.15. The topological polar surface area (TPSA) is 106 Å². The van der Waals surface area contributed by atoms with Crippen molar-refractivity contribution < 1.29 is 23.8 Å². The number of anilines is 1. The number of benzene rings is 1. The van der Waals surface area contributed by atoms with E-state index in [0.717, 1.165) is 0 Å². The second kappa shape index (κ2) is 7.99. The van der Waals surface area contributed by atoms with Crippen LogP contribution in [-0.2, 0) is 9.59 Å². The van der Waals surface area contributed by atoms with Crippen LogP contribution in [0.3, 0.4) is 0 Å². The van der Waals surface area contributed by atoms with Crippen molar-refractivity contribution in [3.63, 3.8) is 0 Å². The molecule has 0 unspecified atom stereocenters. The number of hydrogen-bond donors (Lipinski definition) is 1. The van der Waals surface area contributed by atoms with Gasteiger partial charge in [0.2, 0.25) is 5.13 Å². The van der Waals surface area contributed by atoms with E-state index in [2.05, 4.69) is 10.2 Å². The number of furan rings is 1. The van der Waals surface area contributed by atoms with Gasteiger partial charge in [0, 0.05) is 5.56 Å². The van der Waals surface area contributed by atoms with Crippen LogP contribution in [0.15, 0.2) is 46.4 Å². The second-order valence-electron chi connectivity index (χ2n) is 7.41. The van der Waals surface area contributed by atoms with Gasteiger partial charge in [-0.25, -0.2) is 0 Å². The van der Waals surface area contributed by atoms with Crippen molar-refractivity contribution in [1.29, 1.82) is 0 Å². The predicted molar refractivity (Wildman–Crippen MR) is 115 cm³/mol. The van der Waals surface area contributed by atoms with E-state index in [1.54, 1.807) is 50.2 Å². The maximum Gasteiger partial charge on any atom is 0.302 e. The molecule has 160 valence electrons. The number of amides is 1. The standard InChI is InChI=1S/C22H21N3O5S/c1-11(2)29-15-8-6-14(7-9-15)19(26)17-18(16-10-5-12(3)30-16)25(21(28)20(17)27)22-24-23-13(4)31-22/h5-11,18,26H,1-4H3/t18-/m1/s1.